The molecule has 1 heterocycles. The van der Waals surface area contributed by atoms with Crippen molar-refractivity contribution in [1.82, 2.24) is 4.90 Å². The highest BCUT2D eigenvalue weighted by Crippen LogP contribution is 2.32. The molecule has 0 radical (unpaired) electrons. The van der Waals surface area contributed by atoms with Gasteiger partial charge in [-0.2, -0.15) is 0 Å². The Hall–Kier alpha value is -3.22. The predicted octanol–water partition coefficient (Wildman–Crippen LogP) is 4.24. The molecule has 0 unspecified atom stereocenters. The molecule has 1 aliphatic heterocycles. The Labute approximate surface area is 202 Å². The van der Waals surface area contributed by atoms with Gasteiger partial charge in [0.25, 0.3) is 5.91 Å². The molecule has 1 aliphatic carbocycles. The third-order valence-electron chi connectivity index (χ3n) is 7.07. The molecule has 7 heteroatoms. The summed E-state index contributed by atoms with van der Waals surface area (Å²) >= 11 is 0. The van der Waals surface area contributed by atoms with Crippen LogP contribution in [-0.4, -0.2) is 63.1 Å². The molecule has 2 aromatic carbocycles. The first kappa shape index (κ1) is 23.9. The van der Waals surface area contributed by atoms with Crippen molar-refractivity contribution in [2.24, 2.45) is 5.92 Å². The predicted molar refractivity (Wildman–Crippen MR) is 137 cm³/mol. The number of nitrogens with zero attached hydrogens (tertiary/aromatic N) is 3. The van der Waals surface area contributed by atoms with Crippen LogP contribution in [-0.2, 0) is 4.79 Å². The van der Waals surface area contributed by atoms with E-state index in [0.717, 1.165) is 62.6 Å². The summed E-state index contributed by atoms with van der Waals surface area (Å²) in [5.41, 5.74) is 3.38. The van der Waals surface area contributed by atoms with Gasteiger partial charge in [-0.3, -0.25) is 9.59 Å². The van der Waals surface area contributed by atoms with Gasteiger partial charge in [0.1, 0.15) is 5.75 Å². The van der Waals surface area contributed by atoms with Gasteiger partial charge in [0.2, 0.25) is 5.91 Å². The summed E-state index contributed by atoms with van der Waals surface area (Å²) in [4.78, 5) is 32.4. The van der Waals surface area contributed by atoms with Gasteiger partial charge in [0.05, 0.1) is 18.4 Å². The van der Waals surface area contributed by atoms with Crippen molar-refractivity contribution in [1.29, 1.82) is 0 Å². The molecule has 2 aliphatic rings. The van der Waals surface area contributed by atoms with Crippen LogP contribution in [0.25, 0.3) is 0 Å². The van der Waals surface area contributed by atoms with Crippen LogP contribution in [0.5, 0.6) is 5.75 Å². The summed E-state index contributed by atoms with van der Waals surface area (Å²) in [6.45, 7) is 8.54. The van der Waals surface area contributed by atoms with E-state index in [1.54, 1.807) is 7.11 Å². The van der Waals surface area contributed by atoms with E-state index < -0.39 is 0 Å². The summed E-state index contributed by atoms with van der Waals surface area (Å²) < 4.78 is 5.55. The van der Waals surface area contributed by atoms with E-state index in [0.29, 0.717) is 24.3 Å². The molecule has 34 heavy (non-hydrogen) atoms. The number of carbonyl (C=O) groups excluding carboxylic acids is 2. The number of hydrogen-bond acceptors (Lipinski definition) is 5. The van der Waals surface area contributed by atoms with Gasteiger partial charge in [0, 0.05) is 56.6 Å². The number of rotatable bonds is 8. The molecule has 4 rings (SSSR count). The Bertz CT molecular complexity index is 1010. The number of para-hydroxylation sites is 2. The molecule has 1 saturated heterocycles. The fraction of sp³-hybridized carbons (Fsp3) is 0.481. The molecule has 1 N–H and O–H groups in total. The van der Waals surface area contributed by atoms with E-state index in [2.05, 4.69) is 21.2 Å². The van der Waals surface area contributed by atoms with Gasteiger partial charge in [-0.25, -0.2) is 0 Å². The maximum absolute atomic E-state index is 13.4. The third kappa shape index (κ3) is 4.98. The smallest absolute Gasteiger partial charge is 0.256 e. The highest BCUT2D eigenvalue weighted by atomic mass is 16.5. The number of ether oxygens (including phenoxy) is 1. The van der Waals surface area contributed by atoms with Crippen LogP contribution in [0.1, 0.15) is 43.5 Å². The van der Waals surface area contributed by atoms with Crippen LogP contribution in [0.2, 0.25) is 0 Å². The number of piperazine rings is 1. The van der Waals surface area contributed by atoms with Crippen molar-refractivity contribution in [2.45, 2.75) is 33.1 Å². The lowest BCUT2D eigenvalue weighted by Gasteiger charge is -2.38. The van der Waals surface area contributed by atoms with Gasteiger partial charge in [-0.15, -0.1) is 0 Å². The number of amides is 2. The van der Waals surface area contributed by atoms with Gasteiger partial charge < -0.3 is 24.8 Å². The van der Waals surface area contributed by atoms with Crippen LogP contribution in [0.15, 0.2) is 42.5 Å². The zero-order valence-corrected chi connectivity index (χ0v) is 20.5. The lowest BCUT2D eigenvalue weighted by molar-refractivity contribution is -0.122. The second-order valence-electron chi connectivity index (χ2n) is 8.97. The molecule has 0 aromatic heterocycles. The summed E-state index contributed by atoms with van der Waals surface area (Å²) in [5.74, 6) is 1.04. The van der Waals surface area contributed by atoms with Crippen LogP contribution in [0.3, 0.4) is 0 Å². The average molecular weight is 465 g/mol. The first-order valence-corrected chi connectivity index (χ1v) is 12.4. The van der Waals surface area contributed by atoms with Crippen LogP contribution in [0.4, 0.5) is 17.1 Å². The van der Waals surface area contributed by atoms with Crippen molar-refractivity contribution < 1.29 is 14.3 Å². The Balaban J connectivity index is 1.55. The molecule has 0 spiro atoms. The van der Waals surface area contributed by atoms with E-state index in [1.807, 2.05) is 55.1 Å². The molecule has 2 fully saturated rings. The van der Waals surface area contributed by atoms with E-state index in [-0.39, 0.29) is 17.7 Å². The van der Waals surface area contributed by atoms with Crippen molar-refractivity contribution in [3.05, 3.63) is 48.0 Å². The minimum Gasteiger partial charge on any atom is -0.495 e. The number of methoxy groups -OCH3 is 1. The fourth-order valence-corrected chi connectivity index (χ4v) is 4.74. The average Bonchev–Trinajstić information content (AvgIpc) is 2.83. The number of nitrogens with one attached hydrogen (secondary N) is 1. The van der Waals surface area contributed by atoms with Gasteiger partial charge in [-0.1, -0.05) is 18.6 Å². The number of hydrogen-bond donors (Lipinski definition) is 1. The second-order valence-corrected chi connectivity index (χ2v) is 8.97. The summed E-state index contributed by atoms with van der Waals surface area (Å²) in [6.07, 6.45) is 3.01. The van der Waals surface area contributed by atoms with E-state index in [1.165, 1.54) is 0 Å². The Morgan fingerprint density at radius 1 is 0.971 bits per heavy atom. The van der Waals surface area contributed by atoms with Crippen molar-refractivity contribution in [3.63, 3.8) is 0 Å². The molecule has 0 atom stereocenters. The first-order valence-electron chi connectivity index (χ1n) is 12.4. The van der Waals surface area contributed by atoms with Crippen LogP contribution >= 0.6 is 0 Å². The third-order valence-corrected chi connectivity index (χ3v) is 7.07. The Morgan fingerprint density at radius 2 is 1.62 bits per heavy atom. The monoisotopic (exact) mass is 464 g/mol. The second kappa shape index (κ2) is 10.8. The minimum atomic E-state index is 0.00639. The van der Waals surface area contributed by atoms with Gasteiger partial charge in [0.15, 0.2) is 0 Å². The molecule has 1 saturated carbocycles. The lowest BCUT2D eigenvalue weighted by atomic mass is 9.85. The molecule has 7 nitrogen and oxygen atoms in total. The topological polar surface area (TPSA) is 65.1 Å². The zero-order valence-electron chi connectivity index (χ0n) is 20.5. The molecular weight excluding hydrogens is 428 g/mol. The number of benzene rings is 2. The maximum atomic E-state index is 13.4. The van der Waals surface area contributed by atoms with E-state index in [9.17, 15) is 9.59 Å². The minimum absolute atomic E-state index is 0.00639. The lowest BCUT2D eigenvalue weighted by Crippen LogP contribution is -2.47. The SMILES string of the molecule is CCN(CC)C(=O)c1cc(NC(=O)C2CCC2)ccc1N1CCN(c2ccccc2OC)CC1. The Morgan fingerprint density at radius 3 is 2.21 bits per heavy atom. The molecule has 2 aromatic rings. The maximum Gasteiger partial charge on any atom is 0.256 e. The largest absolute Gasteiger partial charge is 0.495 e. The Kier molecular flexibility index (Phi) is 7.60. The normalized spacial score (nSPS) is 16.1. The van der Waals surface area contributed by atoms with Crippen molar-refractivity contribution >= 4 is 28.9 Å². The fourth-order valence-electron chi connectivity index (χ4n) is 4.74. The number of carbonyl (C=O) groups is 2. The molecule has 2 amide bonds. The van der Waals surface area contributed by atoms with E-state index in [4.69, 9.17) is 4.74 Å². The summed E-state index contributed by atoms with van der Waals surface area (Å²) in [6, 6.07) is 13.9. The van der Waals surface area contributed by atoms with Crippen LogP contribution < -0.4 is 19.9 Å². The van der Waals surface area contributed by atoms with Crippen molar-refractivity contribution in [3.8, 4) is 5.75 Å². The molecule has 182 valence electrons. The zero-order chi connectivity index (χ0) is 24.1. The summed E-state index contributed by atoms with van der Waals surface area (Å²) in [7, 11) is 1.70. The number of anilines is 3. The van der Waals surface area contributed by atoms with Gasteiger partial charge >= 0.3 is 0 Å². The first-order chi connectivity index (χ1) is 16.5. The van der Waals surface area contributed by atoms with Crippen molar-refractivity contribution in [2.75, 3.05) is 61.5 Å². The summed E-state index contributed by atoms with van der Waals surface area (Å²) in [5, 5.41) is 3.04. The molecular formula is C27H36N4O3. The van der Waals surface area contributed by atoms with Gasteiger partial charge in [-0.05, 0) is 57.0 Å². The standard InChI is InChI=1S/C27H36N4O3/c1-4-29(5-2)27(33)22-19-21(28-26(32)20-9-8-10-20)13-14-23(22)30-15-17-31(18-16-30)24-11-6-7-12-25(24)34-3/h6-7,11-14,19-20H,4-5,8-10,15-18H2,1-3H3,(H,28,32). The van der Waals surface area contributed by atoms with Crippen LogP contribution in [0, 0.1) is 5.92 Å². The highest BCUT2D eigenvalue weighted by Gasteiger charge is 2.27. The van der Waals surface area contributed by atoms with E-state index >= 15 is 0 Å². The highest BCUT2D eigenvalue weighted by molar-refractivity contribution is 6.02. The molecule has 0 bridgehead atoms. The quantitative estimate of drug-likeness (QED) is 0.633.